The van der Waals surface area contributed by atoms with E-state index < -0.39 is 5.60 Å². The number of ether oxygens (including phenoxy) is 1. The van der Waals surface area contributed by atoms with Crippen LogP contribution in [0.25, 0.3) is 0 Å². The first-order valence-corrected chi connectivity index (χ1v) is 8.30. The highest BCUT2D eigenvalue weighted by Crippen LogP contribution is 2.44. The van der Waals surface area contributed by atoms with Crippen molar-refractivity contribution in [3.8, 4) is 0 Å². The highest BCUT2D eigenvalue weighted by Gasteiger charge is 2.47. The molecule has 0 saturated carbocycles. The molecule has 0 unspecified atom stereocenters. The zero-order valence-electron chi connectivity index (χ0n) is 13.9. The van der Waals surface area contributed by atoms with Crippen LogP contribution in [0.15, 0.2) is 47.4 Å². The molecule has 0 N–H and O–H groups in total. The van der Waals surface area contributed by atoms with Crippen molar-refractivity contribution in [2.24, 2.45) is 7.05 Å². The van der Waals surface area contributed by atoms with Crippen LogP contribution in [0.2, 0.25) is 0 Å². The second-order valence-electron chi connectivity index (χ2n) is 6.56. The van der Waals surface area contributed by atoms with Gasteiger partial charge in [0.05, 0.1) is 5.56 Å². The van der Waals surface area contributed by atoms with Crippen molar-refractivity contribution in [3.05, 3.63) is 69.6 Å². The molecule has 1 amide bonds. The summed E-state index contributed by atoms with van der Waals surface area (Å²) in [5, 5.41) is 0. The van der Waals surface area contributed by atoms with Crippen LogP contribution in [0, 0.1) is 0 Å². The number of fused-ring (bicyclic) bond motifs is 2. The van der Waals surface area contributed by atoms with Crippen LogP contribution in [0.1, 0.15) is 39.1 Å². The van der Waals surface area contributed by atoms with Crippen molar-refractivity contribution >= 4 is 11.9 Å². The molecule has 1 saturated heterocycles. The maximum atomic E-state index is 12.7. The third-order valence-electron chi connectivity index (χ3n) is 5.14. The standard InChI is InChI=1S/C19H18N2O4/c1-20-10-4-6-14(16(20)22)17(23)21-11-8-19(9-12-21)15-7-3-2-5-13(15)18(24)25-19/h2-7,10H,8-9,11-12H2,1H3. The molecule has 4 rings (SSSR count). The third-order valence-corrected chi connectivity index (χ3v) is 5.14. The van der Waals surface area contributed by atoms with E-state index in [0.717, 1.165) is 5.56 Å². The number of hydrogen-bond donors (Lipinski definition) is 0. The largest absolute Gasteiger partial charge is 0.450 e. The Bertz CT molecular complexity index is 923. The Labute approximate surface area is 144 Å². The van der Waals surface area contributed by atoms with Gasteiger partial charge in [-0.25, -0.2) is 4.79 Å². The second kappa shape index (κ2) is 5.58. The van der Waals surface area contributed by atoms with Crippen LogP contribution >= 0.6 is 0 Å². The first-order valence-electron chi connectivity index (χ1n) is 8.30. The summed E-state index contributed by atoms with van der Waals surface area (Å²) in [6.07, 6.45) is 2.70. The molecular formula is C19H18N2O4. The number of esters is 1. The van der Waals surface area contributed by atoms with E-state index in [-0.39, 0.29) is 23.0 Å². The van der Waals surface area contributed by atoms with Crippen molar-refractivity contribution in [2.75, 3.05) is 13.1 Å². The number of rotatable bonds is 1. The normalized spacial score (nSPS) is 18.1. The molecule has 6 nitrogen and oxygen atoms in total. The van der Waals surface area contributed by atoms with Crippen LogP contribution < -0.4 is 5.56 Å². The molecule has 2 aliphatic rings. The Morgan fingerprint density at radius 3 is 2.56 bits per heavy atom. The summed E-state index contributed by atoms with van der Waals surface area (Å²) in [6.45, 7) is 0.886. The summed E-state index contributed by atoms with van der Waals surface area (Å²) in [5.74, 6) is -0.569. The summed E-state index contributed by atoms with van der Waals surface area (Å²) in [5.41, 5.74) is 0.740. The SMILES string of the molecule is Cn1cccc(C(=O)N2CCC3(CC2)OC(=O)c2ccccc23)c1=O. The smallest absolute Gasteiger partial charge is 0.339 e. The Kier molecular flexibility index (Phi) is 3.49. The number of nitrogens with zero attached hydrogens (tertiary/aromatic N) is 2. The fraction of sp³-hybridized carbons (Fsp3) is 0.316. The van der Waals surface area contributed by atoms with E-state index in [4.69, 9.17) is 4.74 Å². The van der Waals surface area contributed by atoms with Gasteiger partial charge in [0.1, 0.15) is 11.2 Å². The molecule has 6 heteroatoms. The van der Waals surface area contributed by atoms with E-state index in [1.54, 1.807) is 36.3 Å². The number of piperidine rings is 1. The number of carbonyl (C=O) groups excluding carboxylic acids is 2. The first-order chi connectivity index (χ1) is 12.0. The minimum Gasteiger partial charge on any atom is -0.450 e. The molecule has 1 spiro atoms. The second-order valence-corrected chi connectivity index (χ2v) is 6.56. The molecular weight excluding hydrogens is 320 g/mol. The van der Waals surface area contributed by atoms with Gasteiger partial charge in [0.15, 0.2) is 0 Å². The van der Waals surface area contributed by atoms with Crippen LogP contribution in [-0.4, -0.2) is 34.4 Å². The summed E-state index contributed by atoms with van der Waals surface area (Å²) in [7, 11) is 1.62. The van der Waals surface area contributed by atoms with Crippen molar-refractivity contribution in [3.63, 3.8) is 0 Å². The van der Waals surface area contributed by atoms with Gasteiger partial charge in [0, 0.05) is 44.7 Å². The summed E-state index contributed by atoms with van der Waals surface area (Å²) in [4.78, 5) is 38.6. The first kappa shape index (κ1) is 15.6. The Morgan fingerprint density at radius 1 is 1.08 bits per heavy atom. The van der Waals surface area contributed by atoms with Gasteiger partial charge in [-0.2, -0.15) is 0 Å². The predicted octanol–water partition coefficient (Wildman–Crippen LogP) is 1.69. The van der Waals surface area contributed by atoms with Crippen LogP contribution in [0.3, 0.4) is 0 Å². The molecule has 0 radical (unpaired) electrons. The Morgan fingerprint density at radius 2 is 1.80 bits per heavy atom. The average Bonchev–Trinajstić information content (AvgIpc) is 2.90. The van der Waals surface area contributed by atoms with Crippen molar-refractivity contribution in [2.45, 2.75) is 18.4 Å². The molecule has 1 aromatic heterocycles. The van der Waals surface area contributed by atoms with Gasteiger partial charge in [-0.1, -0.05) is 18.2 Å². The van der Waals surface area contributed by atoms with Crippen LogP contribution in [0.5, 0.6) is 0 Å². The van der Waals surface area contributed by atoms with Gasteiger partial charge in [0.25, 0.3) is 11.5 Å². The molecule has 2 aliphatic heterocycles. The van der Waals surface area contributed by atoms with Crippen molar-refractivity contribution < 1.29 is 14.3 Å². The lowest BCUT2D eigenvalue weighted by atomic mass is 9.83. The van der Waals surface area contributed by atoms with Gasteiger partial charge in [-0.05, 0) is 18.2 Å². The van der Waals surface area contributed by atoms with Gasteiger partial charge in [0.2, 0.25) is 0 Å². The number of pyridine rings is 1. The molecule has 0 atom stereocenters. The molecule has 1 aromatic carbocycles. The lowest BCUT2D eigenvalue weighted by Crippen LogP contribution is -2.46. The molecule has 0 aliphatic carbocycles. The Hall–Kier alpha value is -2.89. The summed E-state index contributed by atoms with van der Waals surface area (Å²) in [6, 6.07) is 10.7. The number of hydrogen-bond acceptors (Lipinski definition) is 4. The molecule has 3 heterocycles. The van der Waals surface area contributed by atoms with Crippen LogP contribution in [0.4, 0.5) is 0 Å². The topological polar surface area (TPSA) is 68.6 Å². The minimum absolute atomic E-state index is 0.171. The van der Waals surface area contributed by atoms with Crippen LogP contribution in [-0.2, 0) is 17.4 Å². The maximum Gasteiger partial charge on any atom is 0.339 e. The number of aryl methyl sites for hydroxylation is 1. The van der Waals surface area contributed by atoms with Gasteiger partial charge >= 0.3 is 5.97 Å². The van der Waals surface area contributed by atoms with Gasteiger partial charge < -0.3 is 14.2 Å². The number of carbonyl (C=O) groups is 2. The lowest BCUT2D eigenvalue weighted by Gasteiger charge is -2.38. The Balaban J connectivity index is 1.57. The zero-order valence-corrected chi connectivity index (χ0v) is 13.9. The number of likely N-dealkylation sites (tertiary alicyclic amines) is 1. The van der Waals surface area contributed by atoms with E-state index in [2.05, 4.69) is 0 Å². The fourth-order valence-corrected chi connectivity index (χ4v) is 3.72. The van der Waals surface area contributed by atoms with E-state index in [9.17, 15) is 14.4 Å². The number of benzene rings is 1. The average molecular weight is 338 g/mol. The van der Waals surface area contributed by atoms with E-state index in [1.165, 1.54) is 4.57 Å². The highest BCUT2D eigenvalue weighted by molar-refractivity contribution is 5.95. The number of amides is 1. The third kappa shape index (κ3) is 2.36. The molecule has 128 valence electrons. The molecule has 1 fully saturated rings. The maximum absolute atomic E-state index is 12.7. The molecule has 0 bridgehead atoms. The zero-order chi connectivity index (χ0) is 17.6. The molecule has 2 aromatic rings. The van der Waals surface area contributed by atoms with Crippen molar-refractivity contribution in [1.29, 1.82) is 0 Å². The summed E-state index contributed by atoms with van der Waals surface area (Å²) < 4.78 is 7.09. The quantitative estimate of drug-likeness (QED) is 0.742. The lowest BCUT2D eigenvalue weighted by molar-refractivity contribution is -0.0389. The minimum atomic E-state index is -0.647. The van der Waals surface area contributed by atoms with E-state index in [1.807, 2.05) is 18.2 Å². The fourth-order valence-electron chi connectivity index (χ4n) is 3.72. The van der Waals surface area contributed by atoms with Gasteiger partial charge in [-0.15, -0.1) is 0 Å². The summed E-state index contributed by atoms with van der Waals surface area (Å²) >= 11 is 0. The monoisotopic (exact) mass is 338 g/mol. The number of aromatic nitrogens is 1. The van der Waals surface area contributed by atoms with Crippen molar-refractivity contribution in [1.82, 2.24) is 9.47 Å². The van der Waals surface area contributed by atoms with E-state index >= 15 is 0 Å². The van der Waals surface area contributed by atoms with Gasteiger partial charge in [-0.3, -0.25) is 9.59 Å². The highest BCUT2D eigenvalue weighted by atomic mass is 16.6. The molecule has 25 heavy (non-hydrogen) atoms. The predicted molar refractivity (Wildman–Crippen MR) is 90.4 cm³/mol. The van der Waals surface area contributed by atoms with E-state index in [0.29, 0.717) is 31.5 Å².